The zero-order valence-electron chi connectivity index (χ0n) is 6.79. The first-order valence-corrected chi connectivity index (χ1v) is 4.15. The SMILES string of the molecule is NCCCC1=CC=CC=CC1. The third kappa shape index (κ3) is 3.19. The average Bonchev–Trinajstić information content (AvgIpc) is 2.28. The van der Waals surface area contributed by atoms with Crippen molar-refractivity contribution in [3.63, 3.8) is 0 Å². The van der Waals surface area contributed by atoms with Crippen LogP contribution in [-0.4, -0.2) is 6.54 Å². The fourth-order valence-corrected chi connectivity index (χ4v) is 1.14. The quantitative estimate of drug-likeness (QED) is 0.654. The Bertz CT molecular complexity index is 187. The van der Waals surface area contributed by atoms with E-state index in [9.17, 15) is 0 Å². The highest BCUT2D eigenvalue weighted by atomic mass is 14.5. The highest BCUT2D eigenvalue weighted by Gasteiger charge is 1.94. The van der Waals surface area contributed by atoms with Gasteiger partial charge in [0.05, 0.1) is 0 Å². The lowest BCUT2D eigenvalue weighted by Gasteiger charge is -2.00. The predicted molar refractivity (Wildman–Crippen MR) is 49.3 cm³/mol. The molecule has 0 atom stereocenters. The van der Waals surface area contributed by atoms with Crippen LogP contribution in [0.5, 0.6) is 0 Å². The summed E-state index contributed by atoms with van der Waals surface area (Å²) in [6, 6.07) is 0. The Hall–Kier alpha value is -0.820. The van der Waals surface area contributed by atoms with E-state index in [1.54, 1.807) is 0 Å². The molecule has 1 aliphatic carbocycles. The van der Waals surface area contributed by atoms with Gasteiger partial charge in [0.15, 0.2) is 0 Å². The van der Waals surface area contributed by atoms with Crippen LogP contribution in [0, 0.1) is 0 Å². The molecule has 0 aliphatic heterocycles. The minimum absolute atomic E-state index is 0.796. The molecule has 0 heterocycles. The maximum atomic E-state index is 5.42. The highest BCUT2D eigenvalue weighted by molar-refractivity contribution is 5.23. The summed E-state index contributed by atoms with van der Waals surface area (Å²) in [5.41, 5.74) is 6.91. The lowest BCUT2D eigenvalue weighted by atomic mass is 10.1. The van der Waals surface area contributed by atoms with Crippen LogP contribution in [0.2, 0.25) is 0 Å². The summed E-state index contributed by atoms with van der Waals surface area (Å²) in [5.74, 6) is 0. The molecule has 0 saturated carbocycles. The van der Waals surface area contributed by atoms with Crippen LogP contribution < -0.4 is 5.73 Å². The van der Waals surface area contributed by atoms with E-state index in [0.29, 0.717) is 0 Å². The zero-order chi connectivity index (χ0) is 7.94. The molecule has 0 radical (unpaired) electrons. The van der Waals surface area contributed by atoms with Gasteiger partial charge in [-0.15, -0.1) is 0 Å². The standard InChI is InChI=1S/C10H15N/c11-9-5-8-10-6-3-1-2-4-7-10/h1-4,6H,5,7-9,11H2. The molecule has 0 aromatic rings. The van der Waals surface area contributed by atoms with E-state index in [0.717, 1.165) is 25.8 Å². The van der Waals surface area contributed by atoms with Crippen molar-refractivity contribution in [2.24, 2.45) is 5.73 Å². The lowest BCUT2D eigenvalue weighted by Crippen LogP contribution is -1.98. The van der Waals surface area contributed by atoms with E-state index in [4.69, 9.17) is 5.73 Å². The maximum Gasteiger partial charge on any atom is -0.00742 e. The number of hydrogen-bond donors (Lipinski definition) is 1. The smallest absolute Gasteiger partial charge is 0.00742 e. The van der Waals surface area contributed by atoms with Crippen molar-refractivity contribution in [3.05, 3.63) is 36.0 Å². The van der Waals surface area contributed by atoms with Crippen LogP contribution >= 0.6 is 0 Å². The van der Waals surface area contributed by atoms with Gasteiger partial charge in [0, 0.05) is 0 Å². The van der Waals surface area contributed by atoms with Crippen molar-refractivity contribution >= 4 is 0 Å². The van der Waals surface area contributed by atoms with Gasteiger partial charge in [-0.25, -0.2) is 0 Å². The minimum atomic E-state index is 0.796. The van der Waals surface area contributed by atoms with Crippen LogP contribution in [0.25, 0.3) is 0 Å². The first-order valence-electron chi connectivity index (χ1n) is 4.15. The van der Waals surface area contributed by atoms with E-state index in [1.807, 2.05) is 0 Å². The van der Waals surface area contributed by atoms with Crippen LogP contribution in [-0.2, 0) is 0 Å². The Morgan fingerprint density at radius 3 is 3.00 bits per heavy atom. The van der Waals surface area contributed by atoms with Gasteiger partial charge in [0.1, 0.15) is 0 Å². The van der Waals surface area contributed by atoms with Crippen LogP contribution in [0.3, 0.4) is 0 Å². The van der Waals surface area contributed by atoms with E-state index in [2.05, 4.69) is 30.4 Å². The number of rotatable bonds is 3. The lowest BCUT2D eigenvalue weighted by molar-refractivity contribution is 0.809. The summed E-state index contributed by atoms with van der Waals surface area (Å²) in [7, 11) is 0. The number of allylic oxidation sites excluding steroid dienone is 6. The molecular weight excluding hydrogens is 134 g/mol. The second-order valence-electron chi connectivity index (χ2n) is 2.73. The topological polar surface area (TPSA) is 26.0 Å². The Kier molecular flexibility index (Phi) is 3.70. The van der Waals surface area contributed by atoms with Gasteiger partial charge in [0.25, 0.3) is 0 Å². The summed E-state index contributed by atoms with van der Waals surface area (Å²) >= 11 is 0. The van der Waals surface area contributed by atoms with E-state index in [1.165, 1.54) is 5.57 Å². The molecule has 1 aliphatic rings. The number of nitrogens with two attached hydrogens (primary N) is 1. The van der Waals surface area contributed by atoms with E-state index in [-0.39, 0.29) is 0 Å². The highest BCUT2D eigenvalue weighted by Crippen LogP contribution is 2.12. The Morgan fingerprint density at radius 1 is 1.27 bits per heavy atom. The molecule has 0 spiro atoms. The van der Waals surface area contributed by atoms with Gasteiger partial charge >= 0.3 is 0 Å². The molecular formula is C10H15N. The molecule has 0 aromatic carbocycles. The Balaban J connectivity index is 2.38. The van der Waals surface area contributed by atoms with Crippen molar-refractivity contribution in [1.82, 2.24) is 0 Å². The van der Waals surface area contributed by atoms with Gasteiger partial charge < -0.3 is 5.73 Å². The first kappa shape index (κ1) is 8.28. The van der Waals surface area contributed by atoms with Crippen molar-refractivity contribution in [2.75, 3.05) is 6.54 Å². The van der Waals surface area contributed by atoms with Gasteiger partial charge in [-0.05, 0) is 25.8 Å². The number of hydrogen-bond acceptors (Lipinski definition) is 1. The van der Waals surface area contributed by atoms with Gasteiger partial charge in [-0.2, -0.15) is 0 Å². The summed E-state index contributed by atoms with van der Waals surface area (Å²) in [5, 5.41) is 0. The summed E-state index contributed by atoms with van der Waals surface area (Å²) in [6.07, 6.45) is 14.0. The summed E-state index contributed by atoms with van der Waals surface area (Å²) in [4.78, 5) is 0. The monoisotopic (exact) mass is 149 g/mol. The van der Waals surface area contributed by atoms with E-state index >= 15 is 0 Å². The van der Waals surface area contributed by atoms with Crippen molar-refractivity contribution in [3.8, 4) is 0 Å². The van der Waals surface area contributed by atoms with Crippen LogP contribution in [0.4, 0.5) is 0 Å². The first-order chi connectivity index (χ1) is 5.43. The van der Waals surface area contributed by atoms with Crippen molar-refractivity contribution < 1.29 is 0 Å². The summed E-state index contributed by atoms with van der Waals surface area (Å²) in [6.45, 7) is 0.796. The molecule has 1 nitrogen and oxygen atoms in total. The normalized spacial score (nSPS) is 16.3. The van der Waals surface area contributed by atoms with Crippen molar-refractivity contribution in [1.29, 1.82) is 0 Å². The van der Waals surface area contributed by atoms with E-state index < -0.39 is 0 Å². The molecule has 2 N–H and O–H groups in total. The third-order valence-electron chi connectivity index (χ3n) is 1.77. The predicted octanol–water partition coefficient (Wildman–Crippen LogP) is 2.17. The van der Waals surface area contributed by atoms with Gasteiger partial charge in [-0.3, -0.25) is 0 Å². The fraction of sp³-hybridized carbons (Fsp3) is 0.400. The zero-order valence-corrected chi connectivity index (χ0v) is 6.79. The Morgan fingerprint density at radius 2 is 2.18 bits per heavy atom. The molecule has 1 heteroatoms. The molecule has 0 unspecified atom stereocenters. The molecule has 11 heavy (non-hydrogen) atoms. The molecule has 0 amide bonds. The Labute approximate surface area is 68.3 Å². The molecule has 0 saturated heterocycles. The maximum absolute atomic E-state index is 5.42. The van der Waals surface area contributed by atoms with Crippen molar-refractivity contribution in [2.45, 2.75) is 19.3 Å². The minimum Gasteiger partial charge on any atom is -0.330 e. The summed E-state index contributed by atoms with van der Waals surface area (Å²) < 4.78 is 0. The molecule has 0 fully saturated rings. The van der Waals surface area contributed by atoms with Gasteiger partial charge in [-0.1, -0.05) is 36.0 Å². The molecule has 1 rings (SSSR count). The third-order valence-corrected chi connectivity index (χ3v) is 1.77. The van der Waals surface area contributed by atoms with Crippen LogP contribution in [0.1, 0.15) is 19.3 Å². The molecule has 0 bridgehead atoms. The van der Waals surface area contributed by atoms with Gasteiger partial charge in [0.2, 0.25) is 0 Å². The largest absolute Gasteiger partial charge is 0.330 e. The fourth-order valence-electron chi connectivity index (χ4n) is 1.14. The average molecular weight is 149 g/mol. The molecule has 60 valence electrons. The van der Waals surface area contributed by atoms with Crippen LogP contribution in [0.15, 0.2) is 36.0 Å². The second kappa shape index (κ2) is 4.91. The molecule has 0 aromatic heterocycles. The second-order valence-corrected chi connectivity index (χ2v) is 2.73.